The highest BCUT2D eigenvalue weighted by atomic mass is 19.1. The summed E-state index contributed by atoms with van der Waals surface area (Å²) in [6.07, 6.45) is 4.74. The molecule has 0 bridgehead atoms. The predicted octanol–water partition coefficient (Wildman–Crippen LogP) is 3.37. The van der Waals surface area contributed by atoms with E-state index in [1.165, 1.54) is 23.0 Å². The van der Waals surface area contributed by atoms with Crippen LogP contribution < -0.4 is 11.1 Å². The Bertz CT molecular complexity index is 1250. The van der Waals surface area contributed by atoms with E-state index >= 15 is 4.39 Å². The van der Waals surface area contributed by atoms with Gasteiger partial charge in [0.05, 0.1) is 28.8 Å². The Balaban J connectivity index is 1.59. The lowest BCUT2D eigenvalue weighted by molar-refractivity contribution is -0.121. The maximum Gasteiger partial charge on any atom is 0.269 e. The molecule has 178 valence electrons. The molecule has 0 spiro atoms. The minimum absolute atomic E-state index is 0.0381. The van der Waals surface area contributed by atoms with Crippen molar-refractivity contribution in [3.63, 3.8) is 0 Å². The molecule has 2 heterocycles. The van der Waals surface area contributed by atoms with Gasteiger partial charge in [-0.15, -0.1) is 0 Å². The lowest BCUT2D eigenvalue weighted by Crippen LogP contribution is -2.34. The number of nitrogens with zero attached hydrogens (tertiary/aromatic N) is 3. The molecule has 1 aliphatic rings. The maximum absolute atomic E-state index is 15.1. The van der Waals surface area contributed by atoms with Crippen molar-refractivity contribution < 1.29 is 18.8 Å². The minimum Gasteiger partial charge on any atom is -0.364 e. The lowest BCUT2D eigenvalue weighted by atomic mass is 9.81. The first-order valence-corrected chi connectivity index (χ1v) is 11.2. The number of nitrogens with one attached hydrogen (secondary N) is 2. The second kappa shape index (κ2) is 9.58. The van der Waals surface area contributed by atoms with Crippen molar-refractivity contribution in [3.05, 3.63) is 53.2 Å². The largest absolute Gasteiger partial charge is 0.364 e. The highest BCUT2D eigenvalue weighted by Gasteiger charge is 2.36. The number of halogens is 1. The third kappa shape index (κ3) is 4.61. The quantitative estimate of drug-likeness (QED) is 0.378. The van der Waals surface area contributed by atoms with Crippen LogP contribution in [0.5, 0.6) is 0 Å². The summed E-state index contributed by atoms with van der Waals surface area (Å²) in [5.41, 5.74) is 7.65. The Morgan fingerprint density at radius 3 is 2.53 bits per heavy atom. The zero-order valence-electron chi connectivity index (χ0n) is 19.1. The number of primary amides is 1. The summed E-state index contributed by atoms with van der Waals surface area (Å²) in [7, 11) is 1.55. The van der Waals surface area contributed by atoms with E-state index in [0.29, 0.717) is 24.1 Å². The van der Waals surface area contributed by atoms with E-state index in [0.717, 1.165) is 25.0 Å². The molecule has 1 aliphatic carbocycles. The van der Waals surface area contributed by atoms with Crippen molar-refractivity contribution in [3.8, 4) is 11.3 Å². The van der Waals surface area contributed by atoms with Gasteiger partial charge in [0, 0.05) is 24.4 Å². The smallest absolute Gasteiger partial charge is 0.269 e. The first-order valence-electron chi connectivity index (χ1n) is 11.2. The average Bonchev–Trinajstić information content (AvgIpc) is 3.29. The van der Waals surface area contributed by atoms with E-state index in [4.69, 9.17) is 5.73 Å². The van der Waals surface area contributed by atoms with Crippen molar-refractivity contribution in [2.24, 2.45) is 24.6 Å². The summed E-state index contributed by atoms with van der Waals surface area (Å²) < 4.78 is 16.3. The molecule has 34 heavy (non-hydrogen) atoms. The van der Waals surface area contributed by atoms with E-state index in [-0.39, 0.29) is 16.9 Å². The molecule has 0 saturated heterocycles. The van der Waals surface area contributed by atoms with Crippen LogP contribution >= 0.6 is 0 Å². The Labute approximate surface area is 195 Å². The van der Waals surface area contributed by atoms with E-state index in [2.05, 4.69) is 20.6 Å². The molecule has 4 rings (SSSR count). The number of hydrogen-bond donors (Lipinski definition) is 3. The molecule has 2 atom stereocenters. The van der Waals surface area contributed by atoms with Crippen molar-refractivity contribution in [1.29, 1.82) is 0 Å². The number of carbonyl (C=O) groups is 3. The molecule has 2 amide bonds. The number of anilines is 1. The highest BCUT2D eigenvalue weighted by Crippen LogP contribution is 2.34. The molecule has 1 fully saturated rings. The van der Waals surface area contributed by atoms with Crippen molar-refractivity contribution >= 4 is 23.3 Å². The normalized spacial score (nSPS) is 18.3. The molecule has 10 heteroatoms. The Morgan fingerprint density at radius 2 is 1.88 bits per heavy atom. The van der Waals surface area contributed by atoms with E-state index in [9.17, 15) is 14.4 Å². The fraction of sp³-hybridized carbons (Fsp3) is 0.375. The number of H-pyrrole nitrogens is 1. The third-order valence-corrected chi connectivity index (χ3v) is 6.37. The number of ketones is 1. The molecule has 1 aromatic carbocycles. The van der Waals surface area contributed by atoms with Crippen LogP contribution in [0.25, 0.3) is 11.3 Å². The van der Waals surface area contributed by atoms with Crippen molar-refractivity contribution in [2.45, 2.75) is 39.0 Å². The molecule has 4 N–H and O–H groups in total. The minimum atomic E-state index is -0.724. The number of Topliss-reactive ketones (excluding diaryl/α,β-unsaturated/α-hetero) is 1. The summed E-state index contributed by atoms with van der Waals surface area (Å²) in [5.74, 6) is -3.50. The van der Waals surface area contributed by atoms with Gasteiger partial charge in [0.1, 0.15) is 11.5 Å². The number of aromatic amines is 1. The van der Waals surface area contributed by atoms with Crippen LogP contribution in [0, 0.1) is 24.6 Å². The van der Waals surface area contributed by atoms with Crippen LogP contribution in [0.4, 0.5) is 10.1 Å². The number of hydrogen-bond acceptors (Lipinski definition) is 5. The van der Waals surface area contributed by atoms with Crippen LogP contribution in [-0.4, -0.2) is 37.6 Å². The van der Waals surface area contributed by atoms with Crippen LogP contribution in [-0.2, 0) is 11.8 Å². The summed E-state index contributed by atoms with van der Waals surface area (Å²) >= 11 is 0. The summed E-state index contributed by atoms with van der Waals surface area (Å²) in [5, 5.41) is 13.6. The second-order valence-electron chi connectivity index (χ2n) is 8.72. The number of benzene rings is 1. The monoisotopic (exact) mass is 466 g/mol. The average molecular weight is 467 g/mol. The first kappa shape index (κ1) is 23.3. The molecule has 0 radical (unpaired) electrons. The van der Waals surface area contributed by atoms with Gasteiger partial charge in [-0.3, -0.25) is 24.2 Å². The van der Waals surface area contributed by atoms with Gasteiger partial charge in [0.25, 0.3) is 5.91 Å². The fourth-order valence-corrected chi connectivity index (χ4v) is 4.63. The number of aromatic nitrogens is 4. The van der Waals surface area contributed by atoms with Gasteiger partial charge in [-0.25, -0.2) is 4.39 Å². The molecular formula is C24H27FN6O3. The van der Waals surface area contributed by atoms with Gasteiger partial charge < -0.3 is 11.1 Å². The van der Waals surface area contributed by atoms with E-state index in [1.807, 2.05) is 6.92 Å². The molecule has 3 aromatic rings. The summed E-state index contributed by atoms with van der Waals surface area (Å²) in [6, 6.07) is 6.24. The maximum atomic E-state index is 15.1. The van der Waals surface area contributed by atoms with Crippen LogP contribution in [0.2, 0.25) is 0 Å². The van der Waals surface area contributed by atoms with Gasteiger partial charge in [-0.05, 0) is 38.0 Å². The molecule has 2 aromatic heterocycles. The molecular weight excluding hydrogens is 439 g/mol. The second-order valence-corrected chi connectivity index (χ2v) is 8.72. The molecule has 0 aliphatic heterocycles. The number of aryl methyl sites for hydroxylation is 2. The van der Waals surface area contributed by atoms with Crippen LogP contribution in [0.3, 0.4) is 0 Å². The zero-order chi connectivity index (χ0) is 24.4. The van der Waals surface area contributed by atoms with Crippen molar-refractivity contribution in [2.75, 3.05) is 5.32 Å². The van der Waals surface area contributed by atoms with Crippen LogP contribution in [0.1, 0.15) is 58.6 Å². The molecule has 9 nitrogen and oxygen atoms in total. The number of nitrogens with two attached hydrogens (primary N) is 1. The number of amides is 2. The number of rotatable bonds is 6. The van der Waals surface area contributed by atoms with E-state index < -0.39 is 35.3 Å². The SMILES string of the molecule is Cc1cc(-c2ccc(C(=O)C3CCCCCC3C(=O)Nc3cnn(C)c3C(N)=O)c(F)c2)[nH]n1. The van der Waals surface area contributed by atoms with Gasteiger partial charge >= 0.3 is 0 Å². The molecule has 1 saturated carbocycles. The first-order chi connectivity index (χ1) is 16.3. The highest BCUT2D eigenvalue weighted by molar-refractivity contribution is 6.05. The fourth-order valence-electron chi connectivity index (χ4n) is 4.63. The Hall–Kier alpha value is -3.82. The van der Waals surface area contributed by atoms with Gasteiger partial charge in [0.2, 0.25) is 5.91 Å². The molecule has 2 unspecified atom stereocenters. The van der Waals surface area contributed by atoms with Gasteiger partial charge in [-0.2, -0.15) is 10.2 Å². The van der Waals surface area contributed by atoms with E-state index in [1.54, 1.807) is 19.2 Å². The Morgan fingerprint density at radius 1 is 1.15 bits per heavy atom. The third-order valence-electron chi connectivity index (χ3n) is 6.37. The number of carbonyl (C=O) groups excluding carboxylic acids is 3. The van der Waals surface area contributed by atoms with Gasteiger partial charge in [-0.1, -0.05) is 25.3 Å². The zero-order valence-corrected chi connectivity index (χ0v) is 19.1. The predicted molar refractivity (Wildman–Crippen MR) is 123 cm³/mol. The van der Waals surface area contributed by atoms with Crippen molar-refractivity contribution in [1.82, 2.24) is 20.0 Å². The summed E-state index contributed by atoms with van der Waals surface area (Å²) in [6.45, 7) is 1.82. The topological polar surface area (TPSA) is 136 Å². The van der Waals surface area contributed by atoms with Gasteiger partial charge in [0.15, 0.2) is 5.78 Å². The summed E-state index contributed by atoms with van der Waals surface area (Å²) in [4.78, 5) is 38.4. The standard InChI is InChI=1S/C24H27FN6O3/c1-13-10-19(30-29-13)14-8-9-17(18(25)11-14)22(32)15-6-4-3-5-7-16(15)24(34)28-20-12-27-31(2)21(20)23(26)33/h8-12,15-16H,3-7H2,1-2H3,(H2,26,33)(H,28,34)(H,29,30). The van der Waals surface area contributed by atoms with Crippen LogP contribution in [0.15, 0.2) is 30.5 Å². The lowest BCUT2D eigenvalue weighted by Gasteiger charge is -2.23. The Kier molecular flexibility index (Phi) is 6.58.